The molecule has 0 radical (unpaired) electrons. The van der Waals surface area contributed by atoms with E-state index >= 15 is 0 Å². The summed E-state index contributed by atoms with van der Waals surface area (Å²) in [5, 5.41) is 2.93. The molecule has 23 heavy (non-hydrogen) atoms. The minimum absolute atomic E-state index is 0.470. The summed E-state index contributed by atoms with van der Waals surface area (Å²) in [6.07, 6.45) is 0. The van der Waals surface area contributed by atoms with E-state index in [0.717, 1.165) is 29.5 Å². The van der Waals surface area contributed by atoms with Crippen LogP contribution in [-0.4, -0.2) is 42.1 Å². The molecule has 1 aliphatic rings. The van der Waals surface area contributed by atoms with Gasteiger partial charge in [0.15, 0.2) is 5.96 Å². The summed E-state index contributed by atoms with van der Waals surface area (Å²) in [5.74, 6) is 1.40. The molecule has 122 valence electrons. The predicted octanol–water partition coefficient (Wildman–Crippen LogP) is 1.87. The topological polar surface area (TPSA) is 73.0 Å². The van der Waals surface area contributed by atoms with Crippen LogP contribution in [0.1, 0.15) is 10.7 Å². The molecule has 1 aliphatic heterocycles. The first-order chi connectivity index (χ1) is 11.3. The van der Waals surface area contributed by atoms with Crippen LogP contribution >= 0.6 is 11.3 Å². The zero-order valence-electron chi connectivity index (χ0n) is 12.9. The highest BCUT2D eigenvalue weighted by Crippen LogP contribution is 2.15. The summed E-state index contributed by atoms with van der Waals surface area (Å²) in [6, 6.07) is 9.73. The van der Waals surface area contributed by atoms with Crippen LogP contribution in [0.5, 0.6) is 5.75 Å². The lowest BCUT2D eigenvalue weighted by Crippen LogP contribution is -2.44. The fraction of sp³-hybridized carbons (Fsp3) is 0.375. The number of benzene rings is 1. The van der Waals surface area contributed by atoms with Gasteiger partial charge in [-0.1, -0.05) is 18.2 Å². The summed E-state index contributed by atoms with van der Waals surface area (Å²) in [4.78, 5) is 11.0. The second-order valence-electron chi connectivity index (χ2n) is 5.11. The molecule has 3 rings (SSSR count). The molecule has 0 atom stereocenters. The van der Waals surface area contributed by atoms with E-state index < -0.39 is 0 Å². The fourth-order valence-corrected chi connectivity index (χ4v) is 2.90. The van der Waals surface area contributed by atoms with E-state index in [9.17, 15) is 0 Å². The summed E-state index contributed by atoms with van der Waals surface area (Å²) in [6.45, 7) is 3.95. The number of ether oxygens (including phenoxy) is 2. The number of nitrogens with two attached hydrogens (primary N) is 1. The maximum Gasteiger partial charge on any atom is 0.191 e. The van der Waals surface area contributed by atoms with Gasteiger partial charge in [0.1, 0.15) is 17.4 Å². The quantitative estimate of drug-likeness (QED) is 0.668. The molecule has 1 aromatic heterocycles. The van der Waals surface area contributed by atoms with Crippen LogP contribution in [0.3, 0.4) is 0 Å². The lowest BCUT2D eigenvalue weighted by molar-refractivity contribution is 0.0674. The fourth-order valence-electron chi connectivity index (χ4n) is 2.20. The van der Waals surface area contributed by atoms with Gasteiger partial charge >= 0.3 is 0 Å². The summed E-state index contributed by atoms with van der Waals surface area (Å²) in [5.41, 5.74) is 6.92. The maximum absolute atomic E-state index is 6.01. The molecule has 2 heterocycles. The molecule has 0 bridgehead atoms. The Morgan fingerprint density at radius 3 is 2.87 bits per heavy atom. The number of para-hydroxylation sites is 1. The highest BCUT2D eigenvalue weighted by Gasteiger charge is 2.12. The molecule has 2 aromatic rings. The predicted molar refractivity (Wildman–Crippen MR) is 90.6 cm³/mol. The smallest absolute Gasteiger partial charge is 0.191 e. The van der Waals surface area contributed by atoms with Crippen LogP contribution in [0.15, 0.2) is 40.7 Å². The van der Waals surface area contributed by atoms with Crippen LogP contribution in [-0.2, 0) is 17.9 Å². The number of rotatable bonds is 5. The largest absolute Gasteiger partial charge is 0.486 e. The number of aromatic nitrogens is 1. The van der Waals surface area contributed by atoms with Crippen LogP contribution in [0.25, 0.3) is 0 Å². The molecule has 7 heteroatoms. The van der Waals surface area contributed by atoms with Gasteiger partial charge in [0, 0.05) is 18.5 Å². The van der Waals surface area contributed by atoms with Crippen LogP contribution < -0.4 is 10.5 Å². The van der Waals surface area contributed by atoms with Crippen LogP contribution in [0, 0.1) is 0 Å². The first-order valence-electron chi connectivity index (χ1n) is 7.55. The normalized spacial score (nSPS) is 15.7. The Bertz CT molecular complexity index is 639. The van der Waals surface area contributed by atoms with Crippen LogP contribution in [0.4, 0.5) is 0 Å². The van der Waals surface area contributed by atoms with Gasteiger partial charge in [-0.3, -0.25) is 0 Å². The Morgan fingerprint density at radius 1 is 1.30 bits per heavy atom. The lowest BCUT2D eigenvalue weighted by atomic mass is 10.3. The second-order valence-corrected chi connectivity index (χ2v) is 6.05. The molecular weight excluding hydrogens is 312 g/mol. The monoisotopic (exact) mass is 332 g/mol. The van der Waals surface area contributed by atoms with E-state index in [1.165, 1.54) is 0 Å². The number of hydrogen-bond donors (Lipinski definition) is 1. The summed E-state index contributed by atoms with van der Waals surface area (Å²) < 4.78 is 11.0. The zero-order chi connectivity index (χ0) is 15.9. The molecule has 0 aliphatic carbocycles. The summed E-state index contributed by atoms with van der Waals surface area (Å²) >= 11 is 1.58. The molecule has 1 fully saturated rings. The van der Waals surface area contributed by atoms with Gasteiger partial charge < -0.3 is 20.1 Å². The van der Waals surface area contributed by atoms with Gasteiger partial charge in [-0.2, -0.15) is 0 Å². The van der Waals surface area contributed by atoms with Crippen molar-refractivity contribution in [1.82, 2.24) is 9.88 Å². The molecule has 6 nitrogen and oxygen atoms in total. The van der Waals surface area contributed by atoms with E-state index in [-0.39, 0.29) is 0 Å². The molecule has 1 saturated heterocycles. The van der Waals surface area contributed by atoms with Gasteiger partial charge in [-0.15, -0.1) is 11.3 Å². The van der Waals surface area contributed by atoms with E-state index in [1.54, 1.807) is 11.3 Å². The number of hydrogen-bond acceptors (Lipinski definition) is 5. The molecule has 0 amide bonds. The Balaban J connectivity index is 1.50. The highest BCUT2D eigenvalue weighted by molar-refractivity contribution is 7.09. The van der Waals surface area contributed by atoms with Crippen molar-refractivity contribution in [3.05, 3.63) is 46.4 Å². The Morgan fingerprint density at radius 2 is 2.09 bits per heavy atom. The number of nitrogens with zero attached hydrogens (tertiary/aromatic N) is 3. The van der Waals surface area contributed by atoms with Crippen molar-refractivity contribution in [2.45, 2.75) is 13.2 Å². The SMILES string of the molecule is NC(=NCc1csc(COc2ccccc2)n1)N1CCOCC1. The number of guanidine groups is 1. The zero-order valence-corrected chi connectivity index (χ0v) is 13.7. The second kappa shape index (κ2) is 7.94. The number of aliphatic imine (C=N–C) groups is 1. The van der Waals surface area contributed by atoms with Gasteiger partial charge in [0.05, 0.1) is 25.5 Å². The molecule has 0 saturated carbocycles. The standard InChI is InChI=1S/C16H20N4O2S/c17-16(20-6-8-21-9-7-20)18-10-13-12-23-15(19-13)11-22-14-4-2-1-3-5-14/h1-5,12H,6-11H2,(H2,17,18). The maximum atomic E-state index is 6.01. The average molecular weight is 332 g/mol. The van der Waals surface area contributed by atoms with Crippen molar-refractivity contribution in [1.29, 1.82) is 0 Å². The van der Waals surface area contributed by atoms with Crippen molar-refractivity contribution in [3.63, 3.8) is 0 Å². The number of thiazole rings is 1. The summed E-state index contributed by atoms with van der Waals surface area (Å²) in [7, 11) is 0. The van der Waals surface area contributed by atoms with E-state index in [4.69, 9.17) is 15.2 Å². The first kappa shape index (κ1) is 15.8. The molecular formula is C16H20N4O2S. The van der Waals surface area contributed by atoms with Crippen molar-refractivity contribution < 1.29 is 9.47 Å². The third-order valence-electron chi connectivity index (χ3n) is 3.44. The Hall–Kier alpha value is -2.12. The van der Waals surface area contributed by atoms with Crippen molar-refractivity contribution in [2.75, 3.05) is 26.3 Å². The Kier molecular flexibility index (Phi) is 5.44. The van der Waals surface area contributed by atoms with E-state index in [0.29, 0.717) is 32.3 Å². The van der Waals surface area contributed by atoms with E-state index in [1.807, 2.05) is 40.6 Å². The van der Waals surface area contributed by atoms with E-state index in [2.05, 4.69) is 9.98 Å². The van der Waals surface area contributed by atoms with Crippen molar-refractivity contribution in [2.24, 2.45) is 10.7 Å². The van der Waals surface area contributed by atoms with Gasteiger partial charge in [-0.05, 0) is 12.1 Å². The molecule has 2 N–H and O–H groups in total. The number of morpholine rings is 1. The lowest BCUT2D eigenvalue weighted by Gasteiger charge is -2.27. The van der Waals surface area contributed by atoms with Crippen molar-refractivity contribution >= 4 is 17.3 Å². The molecule has 0 unspecified atom stereocenters. The molecule has 1 aromatic carbocycles. The van der Waals surface area contributed by atoms with Crippen LogP contribution in [0.2, 0.25) is 0 Å². The average Bonchev–Trinajstić information content (AvgIpc) is 3.07. The third kappa shape index (κ3) is 4.67. The minimum atomic E-state index is 0.470. The Labute approximate surface area is 139 Å². The first-order valence-corrected chi connectivity index (χ1v) is 8.43. The highest BCUT2D eigenvalue weighted by atomic mass is 32.1. The molecule has 0 spiro atoms. The van der Waals surface area contributed by atoms with Gasteiger partial charge in [-0.25, -0.2) is 9.98 Å². The van der Waals surface area contributed by atoms with Gasteiger partial charge in [0.25, 0.3) is 0 Å². The van der Waals surface area contributed by atoms with Gasteiger partial charge in [0.2, 0.25) is 0 Å². The third-order valence-corrected chi connectivity index (χ3v) is 4.31. The minimum Gasteiger partial charge on any atom is -0.486 e. The van der Waals surface area contributed by atoms with Crippen molar-refractivity contribution in [3.8, 4) is 5.75 Å².